The van der Waals surface area contributed by atoms with Crippen molar-refractivity contribution < 1.29 is 14.2 Å². The van der Waals surface area contributed by atoms with Gasteiger partial charge in [0.15, 0.2) is 11.6 Å². The topological polar surface area (TPSA) is 42.4 Å². The van der Waals surface area contributed by atoms with Crippen LogP contribution >= 0.6 is 0 Å². The summed E-state index contributed by atoms with van der Waals surface area (Å²) in [5, 5.41) is 9.13. The van der Waals surface area contributed by atoms with Crippen LogP contribution in [0.3, 0.4) is 0 Å². The highest BCUT2D eigenvalue weighted by molar-refractivity contribution is 5.34. The molecule has 18 heavy (non-hydrogen) atoms. The molecule has 94 valence electrons. The van der Waals surface area contributed by atoms with Crippen molar-refractivity contribution in [2.75, 3.05) is 0 Å². The van der Waals surface area contributed by atoms with E-state index in [0.29, 0.717) is 5.56 Å². The lowest BCUT2D eigenvalue weighted by molar-refractivity contribution is 0.249. The number of ether oxygens (including phenoxy) is 1. The third-order valence-corrected chi connectivity index (χ3v) is 2.69. The zero-order valence-electron chi connectivity index (χ0n) is 10.1. The summed E-state index contributed by atoms with van der Waals surface area (Å²) >= 11 is 0. The number of aryl methyl sites for hydroxylation is 1. The lowest BCUT2D eigenvalue weighted by Gasteiger charge is -2.11. The number of pyridine rings is 1. The standard InChI is InChI=1S/C14H14FNO2/c1-10-4-3-7-16-13(10)9-18-14-11(8-17)5-2-6-12(14)15/h2-7,17H,8-9H2,1H3. The first kappa shape index (κ1) is 12.5. The van der Waals surface area contributed by atoms with Crippen LogP contribution in [0.1, 0.15) is 16.8 Å². The molecular formula is C14H14FNO2. The van der Waals surface area contributed by atoms with Crippen LogP contribution in [-0.2, 0) is 13.2 Å². The van der Waals surface area contributed by atoms with Gasteiger partial charge in [-0.2, -0.15) is 0 Å². The smallest absolute Gasteiger partial charge is 0.165 e. The van der Waals surface area contributed by atoms with Crippen LogP contribution in [0.4, 0.5) is 4.39 Å². The van der Waals surface area contributed by atoms with Crippen LogP contribution in [0.2, 0.25) is 0 Å². The molecule has 1 heterocycles. The lowest BCUT2D eigenvalue weighted by atomic mass is 10.2. The predicted molar refractivity (Wildman–Crippen MR) is 65.6 cm³/mol. The molecule has 4 heteroatoms. The molecule has 2 aromatic rings. The zero-order valence-corrected chi connectivity index (χ0v) is 10.1. The molecule has 0 spiro atoms. The van der Waals surface area contributed by atoms with Crippen LogP contribution in [0, 0.1) is 12.7 Å². The molecule has 0 unspecified atom stereocenters. The van der Waals surface area contributed by atoms with Crippen molar-refractivity contribution in [3.05, 3.63) is 59.2 Å². The fourth-order valence-electron chi connectivity index (χ4n) is 1.65. The van der Waals surface area contributed by atoms with E-state index in [1.54, 1.807) is 18.3 Å². The Morgan fingerprint density at radius 1 is 1.28 bits per heavy atom. The minimum atomic E-state index is -0.477. The number of aromatic nitrogens is 1. The normalized spacial score (nSPS) is 10.4. The first-order chi connectivity index (χ1) is 8.72. The van der Waals surface area contributed by atoms with E-state index >= 15 is 0 Å². The van der Waals surface area contributed by atoms with Crippen molar-refractivity contribution in [2.45, 2.75) is 20.1 Å². The van der Waals surface area contributed by atoms with Crippen LogP contribution in [0.15, 0.2) is 36.5 Å². The number of aliphatic hydroxyl groups is 1. The Balaban J connectivity index is 2.18. The number of aliphatic hydroxyl groups excluding tert-OH is 1. The van der Waals surface area contributed by atoms with E-state index in [1.165, 1.54) is 6.07 Å². The fraction of sp³-hybridized carbons (Fsp3) is 0.214. The summed E-state index contributed by atoms with van der Waals surface area (Å²) in [4.78, 5) is 4.17. The molecule has 0 aliphatic carbocycles. The summed E-state index contributed by atoms with van der Waals surface area (Å²) in [5.41, 5.74) is 2.17. The molecule has 1 aromatic carbocycles. The van der Waals surface area contributed by atoms with Crippen molar-refractivity contribution in [2.24, 2.45) is 0 Å². The second-order valence-corrected chi connectivity index (χ2v) is 3.94. The molecule has 0 saturated carbocycles. The van der Waals surface area contributed by atoms with Gasteiger partial charge < -0.3 is 9.84 Å². The molecule has 0 aliphatic heterocycles. The van der Waals surface area contributed by atoms with Crippen LogP contribution in [0.5, 0.6) is 5.75 Å². The molecule has 0 atom stereocenters. The van der Waals surface area contributed by atoms with Gasteiger partial charge in [0, 0.05) is 11.8 Å². The van der Waals surface area contributed by atoms with Crippen LogP contribution < -0.4 is 4.74 Å². The molecule has 0 aliphatic rings. The largest absolute Gasteiger partial charge is 0.484 e. The molecule has 0 saturated heterocycles. The third-order valence-electron chi connectivity index (χ3n) is 2.69. The van der Waals surface area contributed by atoms with Gasteiger partial charge in [0.25, 0.3) is 0 Å². The molecule has 0 bridgehead atoms. The van der Waals surface area contributed by atoms with Gasteiger partial charge in [-0.15, -0.1) is 0 Å². The van der Waals surface area contributed by atoms with Gasteiger partial charge in [-0.25, -0.2) is 4.39 Å². The highest BCUT2D eigenvalue weighted by atomic mass is 19.1. The minimum Gasteiger partial charge on any atom is -0.484 e. The monoisotopic (exact) mass is 247 g/mol. The van der Waals surface area contributed by atoms with E-state index in [9.17, 15) is 4.39 Å². The fourth-order valence-corrected chi connectivity index (χ4v) is 1.65. The average molecular weight is 247 g/mol. The molecule has 2 rings (SSSR count). The SMILES string of the molecule is Cc1cccnc1COc1c(F)cccc1CO. The van der Waals surface area contributed by atoms with E-state index in [1.807, 2.05) is 19.1 Å². The summed E-state index contributed by atoms with van der Waals surface area (Å²) < 4.78 is 19.0. The Kier molecular flexibility index (Phi) is 3.89. The second-order valence-electron chi connectivity index (χ2n) is 3.94. The van der Waals surface area contributed by atoms with E-state index in [-0.39, 0.29) is 19.0 Å². The van der Waals surface area contributed by atoms with Crippen molar-refractivity contribution in [1.29, 1.82) is 0 Å². The number of hydrogen-bond donors (Lipinski definition) is 1. The highest BCUT2D eigenvalue weighted by Gasteiger charge is 2.10. The number of hydrogen-bond acceptors (Lipinski definition) is 3. The van der Waals surface area contributed by atoms with Crippen molar-refractivity contribution >= 4 is 0 Å². The second kappa shape index (κ2) is 5.60. The summed E-state index contributed by atoms with van der Waals surface area (Å²) in [6.07, 6.45) is 1.67. The van der Waals surface area contributed by atoms with Crippen LogP contribution in [0.25, 0.3) is 0 Å². The van der Waals surface area contributed by atoms with E-state index in [4.69, 9.17) is 9.84 Å². The number of rotatable bonds is 4. The summed E-state index contributed by atoms with van der Waals surface area (Å²) in [6.45, 7) is 1.84. The Morgan fingerprint density at radius 2 is 2.11 bits per heavy atom. The Hall–Kier alpha value is -1.94. The first-order valence-corrected chi connectivity index (χ1v) is 5.64. The van der Waals surface area contributed by atoms with Gasteiger partial charge in [0.2, 0.25) is 0 Å². The maximum absolute atomic E-state index is 13.6. The molecule has 3 nitrogen and oxygen atoms in total. The number of nitrogens with zero attached hydrogens (tertiary/aromatic N) is 1. The average Bonchev–Trinajstić information content (AvgIpc) is 2.39. The number of para-hydroxylation sites is 1. The van der Waals surface area contributed by atoms with Crippen molar-refractivity contribution in [1.82, 2.24) is 4.98 Å². The summed E-state index contributed by atoms with van der Waals surface area (Å²) in [5.74, 6) is -0.389. The Bertz CT molecular complexity index is 543. The Morgan fingerprint density at radius 3 is 2.83 bits per heavy atom. The van der Waals surface area contributed by atoms with Gasteiger partial charge in [-0.3, -0.25) is 4.98 Å². The molecular weight excluding hydrogens is 233 g/mol. The zero-order chi connectivity index (χ0) is 13.0. The van der Waals surface area contributed by atoms with Crippen molar-refractivity contribution in [3.8, 4) is 5.75 Å². The highest BCUT2D eigenvalue weighted by Crippen LogP contribution is 2.23. The van der Waals surface area contributed by atoms with Gasteiger partial charge in [-0.1, -0.05) is 18.2 Å². The first-order valence-electron chi connectivity index (χ1n) is 5.64. The quantitative estimate of drug-likeness (QED) is 0.903. The van der Waals surface area contributed by atoms with Gasteiger partial charge >= 0.3 is 0 Å². The number of halogens is 1. The molecule has 0 fully saturated rings. The third kappa shape index (κ3) is 2.65. The van der Waals surface area contributed by atoms with Crippen molar-refractivity contribution in [3.63, 3.8) is 0 Å². The Labute approximate surface area is 105 Å². The van der Waals surface area contributed by atoms with Gasteiger partial charge in [-0.05, 0) is 24.6 Å². The molecule has 0 amide bonds. The van der Waals surface area contributed by atoms with E-state index in [0.717, 1.165) is 11.3 Å². The molecule has 1 N–H and O–H groups in total. The van der Waals surface area contributed by atoms with Gasteiger partial charge in [0.05, 0.1) is 12.3 Å². The number of benzene rings is 1. The minimum absolute atomic E-state index is 0.0880. The summed E-state index contributed by atoms with van der Waals surface area (Å²) in [7, 11) is 0. The maximum Gasteiger partial charge on any atom is 0.165 e. The molecule has 0 radical (unpaired) electrons. The maximum atomic E-state index is 13.6. The lowest BCUT2D eigenvalue weighted by Crippen LogP contribution is -2.04. The van der Waals surface area contributed by atoms with E-state index < -0.39 is 5.82 Å². The summed E-state index contributed by atoms with van der Waals surface area (Å²) in [6, 6.07) is 8.23. The predicted octanol–water partition coefficient (Wildman–Crippen LogP) is 2.60. The van der Waals surface area contributed by atoms with Crippen LogP contribution in [-0.4, -0.2) is 10.1 Å². The molecule has 1 aromatic heterocycles. The van der Waals surface area contributed by atoms with Gasteiger partial charge in [0.1, 0.15) is 6.61 Å². The van der Waals surface area contributed by atoms with E-state index in [2.05, 4.69) is 4.98 Å².